The van der Waals surface area contributed by atoms with E-state index in [1.54, 1.807) is 12.1 Å². The molecule has 6 nitrogen and oxygen atoms in total. The summed E-state index contributed by atoms with van der Waals surface area (Å²) in [7, 11) is -3.88. The summed E-state index contributed by atoms with van der Waals surface area (Å²) in [5, 5.41) is 8.10. The van der Waals surface area contributed by atoms with E-state index < -0.39 is 10.0 Å². The summed E-state index contributed by atoms with van der Waals surface area (Å²) in [6.07, 6.45) is 0.522. The van der Waals surface area contributed by atoms with Gasteiger partial charge < -0.3 is 9.88 Å². The molecule has 0 aliphatic heterocycles. The van der Waals surface area contributed by atoms with Crippen LogP contribution in [-0.2, 0) is 16.4 Å². The largest absolute Gasteiger partial charge is 0.322 e. The minimum absolute atomic E-state index is 0.0254. The van der Waals surface area contributed by atoms with Crippen molar-refractivity contribution in [2.75, 3.05) is 5.32 Å². The Kier molecular flexibility index (Phi) is 5.97. The lowest BCUT2D eigenvalue weighted by Crippen LogP contribution is -2.17. The van der Waals surface area contributed by atoms with Crippen molar-refractivity contribution in [1.82, 2.24) is 4.57 Å². The van der Waals surface area contributed by atoms with E-state index in [1.165, 1.54) is 6.07 Å². The average molecular weight is 476 g/mol. The molecule has 1 amide bonds. The molecule has 0 unspecified atom stereocenters. The summed E-state index contributed by atoms with van der Waals surface area (Å²) in [5.41, 5.74) is 4.14. The fourth-order valence-corrected chi connectivity index (χ4v) is 4.65. The van der Waals surface area contributed by atoms with Crippen LogP contribution in [0, 0.1) is 13.8 Å². The van der Waals surface area contributed by atoms with Crippen LogP contribution in [-0.4, -0.2) is 18.9 Å². The third kappa shape index (κ3) is 4.44. The predicted molar refractivity (Wildman–Crippen MR) is 118 cm³/mol. The van der Waals surface area contributed by atoms with Crippen LogP contribution < -0.4 is 10.5 Å². The molecule has 3 rings (SSSR count). The van der Waals surface area contributed by atoms with Crippen molar-refractivity contribution in [3.05, 3.63) is 75.5 Å². The lowest BCUT2D eigenvalue weighted by atomic mass is 10.1. The number of sulfonamides is 1. The van der Waals surface area contributed by atoms with Crippen LogP contribution >= 0.6 is 15.9 Å². The SMILES string of the molecule is CCc1ccc(NC(=O)c2cc(C)n(-c3cccc(Br)c3)c2C)cc1S(N)(=O)=O. The number of carbonyl (C=O) groups excluding carboxylic acids is 1. The van der Waals surface area contributed by atoms with Crippen LogP contribution in [0.15, 0.2) is 57.9 Å². The van der Waals surface area contributed by atoms with Gasteiger partial charge >= 0.3 is 0 Å². The van der Waals surface area contributed by atoms with Gasteiger partial charge in [-0.3, -0.25) is 4.79 Å². The number of halogens is 1. The number of rotatable bonds is 5. The van der Waals surface area contributed by atoms with Crippen LogP contribution in [0.4, 0.5) is 5.69 Å². The maximum atomic E-state index is 12.9. The Morgan fingerprint density at radius 1 is 1.14 bits per heavy atom. The summed E-state index contributed by atoms with van der Waals surface area (Å²) in [6, 6.07) is 14.4. The Morgan fingerprint density at radius 2 is 1.86 bits per heavy atom. The number of amides is 1. The van der Waals surface area contributed by atoms with Crippen LogP contribution in [0.25, 0.3) is 5.69 Å². The molecule has 29 heavy (non-hydrogen) atoms. The highest BCUT2D eigenvalue weighted by Crippen LogP contribution is 2.25. The van der Waals surface area contributed by atoms with Gasteiger partial charge in [-0.2, -0.15) is 0 Å². The second-order valence-electron chi connectivity index (χ2n) is 6.78. The highest BCUT2D eigenvalue weighted by atomic mass is 79.9. The summed E-state index contributed by atoms with van der Waals surface area (Å²) in [5.74, 6) is -0.316. The molecule has 0 radical (unpaired) electrons. The minimum atomic E-state index is -3.88. The number of nitrogens with zero attached hydrogens (tertiary/aromatic N) is 1. The number of anilines is 1. The molecule has 0 bridgehead atoms. The zero-order valence-corrected chi connectivity index (χ0v) is 18.8. The van der Waals surface area contributed by atoms with Crippen molar-refractivity contribution >= 4 is 37.5 Å². The maximum absolute atomic E-state index is 12.9. The predicted octanol–water partition coefficient (Wildman–Crippen LogP) is 4.32. The van der Waals surface area contributed by atoms with E-state index in [0.29, 0.717) is 23.2 Å². The first-order chi connectivity index (χ1) is 13.6. The van der Waals surface area contributed by atoms with Gasteiger partial charge in [0, 0.05) is 27.2 Å². The lowest BCUT2D eigenvalue weighted by Gasteiger charge is -2.12. The number of aryl methyl sites for hydroxylation is 2. The Morgan fingerprint density at radius 3 is 2.48 bits per heavy atom. The minimum Gasteiger partial charge on any atom is -0.322 e. The quantitative estimate of drug-likeness (QED) is 0.575. The van der Waals surface area contributed by atoms with E-state index in [1.807, 2.05) is 55.7 Å². The third-order valence-electron chi connectivity index (χ3n) is 4.75. The topological polar surface area (TPSA) is 94.2 Å². The summed E-state index contributed by atoms with van der Waals surface area (Å²) < 4.78 is 26.7. The van der Waals surface area contributed by atoms with Gasteiger partial charge in [-0.05, 0) is 62.2 Å². The molecular formula is C21H22BrN3O3S. The first-order valence-electron chi connectivity index (χ1n) is 9.03. The van der Waals surface area contributed by atoms with E-state index >= 15 is 0 Å². The van der Waals surface area contributed by atoms with Crippen LogP contribution in [0.5, 0.6) is 0 Å². The Balaban J connectivity index is 1.96. The second kappa shape index (κ2) is 8.14. The Bertz CT molecular complexity index is 1200. The van der Waals surface area contributed by atoms with Gasteiger partial charge in [0.15, 0.2) is 0 Å². The number of benzene rings is 2. The number of nitrogens with two attached hydrogens (primary N) is 1. The number of carbonyl (C=O) groups is 1. The zero-order chi connectivity index (χ0) is 21.3. The van der Waals surface area contributed by atoms with E-state index in [0.717, 1.165) is 21.5 Å². The molecule has 0 saturated heterocycles. The highest BCUT2D eigenvalue weighted by molar-refractivity contribution is 9.10. The molecule has 2 aromatic carbocycles. The number of aromatic nitrogens is 1. The fraction of sp³-hybridized carbons (Fsp3) is 0.190. The van der Waals surface area contributed by atoms with Gasteiger partial charge in [0.25, 0.3) is 5.91 Å². The van der Waals surface area contributed by atoms with Gasteiger partial charge in [-0.15, -0.1) is 0 Å². The fourth-order valence-electron chi connectivity index (χ4n) is 3.39. The molecule has 0 aliphatic rings. The van der Waals surface area contributed by atoms with Crippen LogP contribution in [0.2, 0.25) is 0 Å². The number of nitrogens with one attached hydrogen (secondary N) is 1. The molecule has 1 aromatic heterocycles. The van der Waals surface area contributed by atoms with E-state index in [4.69, 9.17) is 5.14 Å². The van der Waals surface area contributed by atoms with Crippen molar-refractivity contribution < 1.29 is 13.2 Å². The molecule has 152 valence electrons. The smallest absolute Gasteiger partial charge is 0.257 e. The van der Waals surface area contributed by atoms with Gasteiger partial charge in [0.2, 0.25) is 10.0 Å². The average Bonchev–Trinajstić information content (AvgIpc) is 2.95. The van der Waals surface area contributed by atoms with Crippen molar-refractivity contribution in [3.63, 3.8) is 0 Å². The van der Waals surface area contributed by atoms with E-state index in [-0.39, 0.29) is 10.8 Å². The normalized spacial score (nSPS) is 11.5. The maximum Gasteiger partial charge on any atom is 0.257 e. The summed E-state index contributed by atoms with van der Waals surface area (Å²) >= 11 is 3.47. The van der Waals surface area contributed by atoms with Crippen molar-refractivity contribution in [2.45, 2.75) is 32.1 Å². The molecule has 0 fully saturated rings. The van der Waals surface area contributed by atoms with Gasteiger partial charge in [0.1, 0.15) is 0 Å². The second-order valence-corrected chi connectivity index (χ2v) is 9.22. The number of hydrogen-bond acceptors (Lipinski definition) is 3. The first-order valence-corrected chi connectivity index (χ1v) is 11.4. The van der Waals surface area contributed by atoms with Gasteiger partial charge in [-0.1, -0.05) is 35.0 Å². The molecule has 0 spiro atoms. The van der Waals surface area contributed by atoms with E-state index in [9.17, 15) is 13.2 Å². The summed E-state index contributed by atoms with van der Waals surface area (Å²) in [4.78, 5) is 12.9. The standard InChI is InChI=1S/C21H22BrN3O3S/c1-4-15-8-9-17(12-20(15)29(23,27)28)24-21(26)19-10-13(2)25(14(19)3)18-7-5-6-16(22)11-18/h5-12H,4H2,1-3H3,(H,24,26)(H2,23,27,28). The number of primary sulfonamides is 1. The third-order valence-corrected chi connectivity index (χ3v) is 6.24. The Labute approximate surface area is 178 Å². The van der Waals surface area contributed by atoms with Crippen molar-refractivity contribution in [3.8, 4) is 5.69 Å². The van der Waals surface area contributed by atoms with E-state index in [2.05, 4.69) is 21.2 Å². The molecule has 3 N–H and O–H groups in total. The molecule has 3 aromatic rings. The molecule has 1 heterocycles. The first kappa shape index (κ1) is 21.3. The molecule has 0 aliphatic carbocycles. The monoisotopic (exact) mass is 475 g/mol. The van der Waals surface area contributed by atoms with Crippen LogP contribution in [0.3, 0.4) is 0 Å². The van der Waals surface area contributed by atoms with Gasteiger partial charge in [-0.25, -0.2) is 13.6 Å². The van der Waals surface area contributed by atoms with Crippen molar-refractivity contribution in [2.24, 2.45) is 5.14 Å². The molecule has 0 saturated carbocycles. The lowest BCUT2D eigenvalue weighted by molar-refractivity contribution is 0.102. The molecular weight excluding hydrogens is 454 g/mol. The summed E-state index contributed by atoms with van der Waals surface area (Å²) in [6.45, 7) is 5.65. The van der Waals surface area contributed by atoms with Crippen molar-refractivity contribution in [1.29, 1.82) is 0 Å². The zero-order valence-electron chi connectivity index (χ0n) is 16.4. The highest BCUT2D eigenvalue weighted by Gasteiger charge is 2.19. The molecule has 0 atom stereocenters. The number of hydrogen-bond donors (Lipinski definition) is 2. The van der Waals surface area contributed by atoms with Crippen LogP contribution in [0.1, 0.15) is 34.2 Å². The van der Waals surface area contributed by atoms with Gasteiger partial charge in [0.05, 0.1) is 10.5 Å². The molecule has 8 heteroatoms. The Hall–Kier alpha value is -2.42.